The maximum absolute atomic E-state index is 12.9. The zero-order valence-corrected chi connectivity index (χ0v) is 13.0. The highest BCUT2D eigenvalue weighted by atomic mass is 35.5. The Hall–Kier alpha value is -0.580. The highest BCUT2D eigenvalue weighted by Crippen LogP contribution is 2.20. The Bertz CT molecular complexity index is 428. The molecule has 0 bridgehead atoms. The van der Waals surface area contributed by atoms with E-state index < -0.39 is 16.1 Å². The van der Waals surface area contributed by atoms with Crippen molar-refractivity contribution in [2.75, 3.05) is 5.88 Å². The summed E-state index contributed by atoms with van der Waals surface area (Å²) < 4.78 is 28.9. The summed E-state index contributed by atoms with van der Waals surface area (Å²) in [6, 6.07) is 6.07. The van der Waals surface area contributed by atoms with Crippen LogP contribution < -0.4 is 0 Å². The van der Waals surface area contributed by atoms with E-state index in [1.807, 2.05) is 20.8 Å². The summed E-state index contributed by atoms with van der Waals surface area (Å²) in [6.07, 6.45) is 1.38. The van der Waals surface area contributed by atoms with Crippen LogP contribution in [0.15, 0.2) is 28.7 Å². The fraction of sp³-hybridized carbons (Fsp3) is 0.500. The zero-order chi connectivity index (χ0) is 14.5. The van der Waals surface area contributed by atoms with E-state index >= 15 is 0 Å². The van der Waals surface area contributed by atoms with Gasteiger partial charge in [-0.1, -0.05) is 16.5 Å². The molecule has 0 aliphatic heterocycles. The minimum atomic E-state index is -1.33. The number of alkyl halides is 1. The number of halogens is 2. The molecule has 0 aliphatic rings. The van der Waals surface area contributed by atoms with E-state index in [1.165, 1.54) is 12.1 Å². The smallest absolute Gasteiger partial charge is 0.144 e. The molecule has 0 saturated carbocycles. The average molecular weight is 304 g/mol. The average Bonchev–Trinajstić information content (AvgIpc) is 2.34. The predicted octanol–water partition coefficient (Wildman–Crippen LogP) is 4.10. The molecule has 2 nitrogen and oxygen atoms in total. The van der Waals surface area contributed by atoms with Crippen LogP contribution in [0.1, 0.15) is 39.2 Å². The molecule has 0 saturated heterocycles. The van der Waals surface area contributed by atoms with E-state index in [1.54, 1.807) is 12.1 Å². The standard InChI is InChI=1S/C14H19ClFNOS/c1-14(2,3)19(18)17-13(5-4-10-15)11-6-8-12(16)9-7-11/h6-9H,4-5,10H2,1-3H3/b17-13-. The Labute approximate surface area is 122 Å². The topological polar surface area (TPSA) is 35.4 Å². The second-order valence-corrected chi connectivity index (χ2v) is 7.48. The lowest BCUT2D eigenvalue weighted by Crippen LogP contribution is -2.27. The molecule has 19 heavy (non-hydrogen) atoms. The van der Waals surface area contributed by atoms with Gasteiger partial charge in [-0.3, -0.25) is 0 Å². The molecule has 0 amide bonds. The molecule has 0 spiro atoms. The van der Waals surface area contributed by atoms with Crippen LogP contribution in [0.5, 0.6) is 0 Å². The molecule has 0 aromatic heterocycles. The maximum Gasteiger partial charge on any atom is 0.144 e. The molecule has 106 valence electrons. The van der Waals surface area contributed by atoms with Crippen LogP contribution in [0.4, 0.5) is 4.39 Å². The third-order valence-electron chi connectivity index (χ3n) is 2.44. The van der Waals surface area contributed by atoms with Gasteiger partial charge in [0.1, 0.15) is 21.9 Å². The van der Waals surface area contributed by atoms with Crippen molar-refractivity contribution in [2.45, 2.75) is 38.4 Å². The van der Waals surface area contributed by atoms with Gasteiger partial charge in [0.2, 0.25) is 0 Å². The summed E-state index contributed by atoms with van der Waals surface area (Å²) in [5.41, 5.74) is 1.51. The van der Waals surface area contributed by atoms with E-state index in [9.17, 15) is 8.94 Å². The van der Waals surface area contributed by atoms with Crippen molar-refractivity contribution in [3.8, 4) is 0 Å². The molecule has 0 N–H and O–H groups in total. The molecule has 1 atom stereocenters. The van der Waals surface area contributed by atoms with Crippen LogP contribution in [0.3, 0.4) is 0 Å². The van der Waals surface area contributed by atoms with Crippen molar-refractivity contribution >= 4 is 28.7 Å². The number of rotatable bonds is 5. The van der Waals surface area contributed by atoms with Crippen LogP contribution in [0.2, 0.25) is 0 Å². The van der Waals surface area contributed by atoms with Gasteiger partial charge in [0, 0.05) is 11.4 Å². The van der Waals surface area contributed by atoms with E-state index in [0.29, 0.717) is 18.0 Å². The van der Waals surface area contributed by atoms with Gasteiger partial charge < -0.3 is 4.55 Å². The Morgan fingerprint density at radius 1 is 1.32 bits per heavy atom. The Balaban J connectivity index is 3.00. The van der Waals surface area contributed by atoms with E-state index in [4.69, 9.17) is 11.6 Å². The van der Waals surface area contributed by atoms with Crippen LogP contribution in [-0.4, -0.2) is 20.9 Å². The van der Waals surface area contributed by atoms with Crippen molar-refractivity contribution in [1.29, 1.82) is 0 Å². The van der Waals surface area contributed by atoms with Crippen LogP contribution >= 0.6 is 11.6 Å². The molecule has 0 aliphatic carbocycles. The second-order valence-electron chi connectivity index (χ2n) is 5.20. The largest absolute Gasteiger partial charge is 0.591 e. The van der Waals surface area contributed by atoms with E-state index in [2.05, 4.69) is 4.40 Å². The fourth-order valence-electron chi connectivity index (χ4n) is 1.36. The van der Waals surface area contributed by atoms with Gasteiger partial charge in [-0.2, -0.15) is 0 Å². The maximum atomic E-state index is 12.9. The van der Waals surface area contributed by atoms with Gasteiger partial charge in [-0.25, -0.2) is 4.39 Å². The lowest BCUT2D eigenvalue weighted by Gasteiger charge is -2.19. The first-order chi connectivity index (χ1) is 8.84. The quantitative estimate of drug-likeness (QED) is 0.458. The molecule has 1 rings (SSSR count). The summed E-state index contributed by atoms with van der Waals surface area (Å²) in [7, 11) is 0. The molecular formula is C14H19ClFNOS. The summed E-state index contributed by atoms with van der Waals surface area (Å²) in [6.45, 7) is 5.61. The van der Waals surface area contributed by atoms with E-state index in [0.717, 1.165) is 12.0 Å². The SMILES string of the molecule is CC(C)(C)[S+]([O-])/N=C(/CCCCl)c1ccc(F)cc1. The third-order valence-corrected chi connectivity index (χ3v) is 4.14. The van der Waals surface area contributed by atoms with Crippen molar-refractivity contribution in [3.63, 3.8) is 0 Å². The van der Waals surface area contributed by atoms with Gasteiger partial charge in [-0.05, 0) is 45.7 Å². The monoisotopic (exact) mass is 303 g/mol. The van der Waals surface area contributed by atoms with Crippen LogP contribution in [0, 0.1) is 5.82 Å². The molecule has 5 heteroatoms. The normalized spacial score (nSPS) is 14.5. The summed E-state index contributed by atoms with van der Waals surface area (Å²) in [4.78, 5) is 0. The molecule has 1 aromatic carbocycles. The third kappa shape index (κ3) is 5.51. The van der Waals surface area contributed by atoms with Crippen molar-refractivity contribution in [3.05, 3.63) is 35.6 Å². The van der Waals surface area contributed by atoms with Gasteiger partial charge in [-0.15, -0.1) is 11.6 Å². The summed E-state index contributed by atoms with van der Waals surface area (Å²) in [5, 5.41) is 0. The number of hydrogen-bond donors (Lipinski definition) is 0. The Morgan fingerprint density at radius 3 is 2.37 bits per heavy atom. The zero-order valence-electron chi connectivity index (χ0n) is 11.5. The summed E-state index contributed by atoms with van der Waals surface area (Å²) in [5.74, 6) is 0.222. The minimum absolute atomic E-state index is 0.294. The van der Waals surface area contributed by atoms with Crippen molar-refractivity contribution in [2.24, 2.45) is 4.40 Å². The van der Waals surface area contributed by atoms with Gasteiger partial charge in [0.15, 0.2) is 0 Å². The summed E-state index contributed by atoms with van der Waals surface area (Å²) >= 11 is 4.37. The lowest BCUT2D eigenvalue weighted by atomic mass is 10.1. The van der Waals surface area contributed by atoms with Gasteiger partial charge in [0.25, 0.3) is 0 Å². The molecule has 0 fully saturated rings. The van der Waals surface area contributed by atoms with Crippen LogP contribution in [0.25, 0.3) is 0 Å². The first-order valence-electron chi connectivity index (χ1n) is 6.16. The first kappa shape index (κ1) is 16.5. The highest BCUT2D eigenvalue weighted by Gasteiger charge is 2.27. The van der Waals surface area contributed by atoms with Gasteiger partial charge in [0.05, 0.1) is 5.71 Å². The molecule has 0 heterocycles. The first-order valence-corrected chi connectivity index (χ1v) is 7.80. The molecule has 1 aromatic rings. The number of nitrogens with zero attached hydrogens (tertiary/aromatic N) is 1. The Kier molecular flexibility index (Phi) is 6.30. The Morgan fingerprint density at radius 2 is 1.89 bits per heavy atom. The van der Waals surface area contributed by atoms with Gasteiger partial charge >= 0.3 is 0 Å². The fourth-order valence-corrected chi connectivity index (χ4v) is 2.16. The molecule has 1 unspecified atom stereocenters. The second kappa shape index (κ2) is 7.27. The lowest BCUT2D eigenvalue weighted by molar-refractivity contribution is 0.561. The molecular weight excluding hydrogens is 285 g/mol. The van der Waals surface area contributed by atoms with Crippen molar-refractivity contribution in [1.82, 2.24) is 0 Å². The molecule has 0 radical (unpaired) electrons. The van der Waals surface area contributed by atoms with E-state index in [-0.39, 0.29) is 5.82 Å². The minimum Gasteiger partial charge on any atom is -0.591 e. The number of benzene rings is 1. The number of hydrogen-bond acceptors (Lipinski definition) is 2. The predicted molar refractivity (Wildman–Crippen MR) is 80.8 cm³/mol. The van der Waals surface area contributed by atoms with Crippen LogP contribution in [-0.2, 0) is 11.4 Å². The highest BCUT2D eigenvalue weighted by molar-refractivity contribution is 7.91. The van der Waals surface area contributed by atoms with Crippen molar-refractivity contribution < 1.29 is 8.94 Å².